The van der Waals surface area contributed by atoms with E-state index in [-0.39, 0.29) is 12.6 Å². The minimum Gasteiger partial charge on any atom is -0.387 e. The number of alkyl halides is 3. The highest BCUT2D eigenvalue weighted by atomic mass is 32.2. The second-order valence-corrected chi connectivity index (χ2v) is 7.32. The maximum Gasteiger partial charge on any atom is 0.416 e. The minimum atomic E-state index is -4.36. The van der Waals surface area contributed by atoms with E-state index in [0.717, 1.165) is 17.9 Å². The Labute approximate surface area is 150 Å². The lowest BCUT2D eigenvalue weighted by Crippen LogP contribution is -2.41. The number of nitrogens with one attached hydrogen (secondary N) is 2. The summed E-state index contributed by atoms with van der Waals surface area (Å²) in [7, 11) is 0. The van der Waals surface area contributed by atoms with Gasteiger partial charge in [0, 0.05) is 12.3 Å². The van der Waals surface area contributed by atoms with E-state index in [4.69, 9.17) is 0 Å². The van der Waals surface area contributed by atoms with Crippen LogP contribution in [0.15, 0.2) is 29.3 Å². The molecule has 1 fully saturated rings. The first-order chi connectivity index (χ1) is 11.7. The van der Waals surface area contributed by atoms with Crippen LogP contribution in [-0.4, -0.2) is 41.3 Å². The van der Waals surface area contributed by atoms with Crippen LogP contribution < -0.4 is 10.6 Å². The number of guanidine groups is 1. The normalized spacial score (nSPS) is 22.7. The average molecular weight is 375 g/mol. The summed E-state index contributed by atoms with van der Waals surface area (Å²) in [6, 6.07) is 4.90. The smallest absolute Gasteiger partial charge is 0.387 e. The van der Waals surface area contributed by atoms with Gasteiger partial charge in [0.1, 0.15) is 0 Å². The predicted molar refractivity (Wildman–Crippen MR) is 95.9 cm³/mol. The van der Waals surface area contributed by atoms with Crippen LogP contribution in [0.3, 0.4) is 0 Å². The Morgan fingerprint density at radius 1 is 1.44 bits per heavy atom. The van der Waals surface area contributed by atoms with Crippen molar-refractivity contribution in [2.24, 2.45) is 4.99 Å². The number of halogens is 3. The van der Waals surface area contributed by atoms with E-state index < -0.39 is 17.3 Å². The van der Waals surface area contributed by atoms with Gasteiger partial charge >= 0.3 is 6.18 Å². The number of benzene rings is 1. The zero-order chi connectivity index (χ0) is 18.5. The van der Waals surface area contributed by atoms with Crippen LogP contribution in [0.1, 0.15) is 37.4 Å². The molecule has 0 aliphatic carbocycles. The van der Waals surface area contributed by atoms with Crippen molar-refractivity contribution >= 4 is 17.7 Å². The molecule has 0 bridgehead atoms. The number of hydrogen-bond acceptors (Lipinski definition) is 3. The Morgan fingerprint density at radius 2 is 2.20 bits per heavy atom. The van der Waals surface area contributed by atoms with Gasteiger partial charge < -0.3 is 15.7 Å². The molecule has 0 aromatic heterocycles. The van der Waals surface area contributed by atoms with Gasteiger partial charge in [-0.2, -0.15) is 24.9 Å². The number of rotatable bonds is 5. The largest absolute Gasteiger partial charge is 0.416 e. The lowest BCUT2D eigenvalue weighted by molar-refractivity contribution is -0.137. The summed E-state index contributed by atoms with van der Waals surface area (Å²) in [5.74, 6) is 2.05. The summed E-state index contributed by atoms with van der Waals surface area (Å²) in [4.78, 5) is 4.41. The van der Waals surface area contributed by atoms with Crippen molar-refractivity contribution in [3.05, 3.63) is 35.4 Å². The van der Waals surface area contributed by atoms with Gasteiger partial charge in [-0.1, -0.05) is 12.1 Å². The van der Waals surface area contributed by atoms with Gasteiger partial charge in [-0.05, 0) is 43.7 Å². The Kier molecular flexibility index (Phi) is 6.62. The summed E-state index contributed by atoms with van der Waals surface area (Å²) in [5.41, 5.74) is -0.944. The van der Waals surface area contributed by atoms with Crippen LogP contribution in [0.4, 0.5) is 13.2 Å². The number of aliphatic hydroxyl groups is 1. The average Bonchev–Trinajstić information content (AvgIpc) is 2.99. The quantitative estimate of drug-likeness (QED) is 0.547. The van der Waals surface area contributed by atoms with Crippen molar-refractivity contribution in [3.8, 4) is 0 Å². The van der Waals surface area contributed by atoms with Crippen molar-refractivity contribution in [1.82, 2.24) is 10.6 Å². The molecule has 1 aromatic rings. The standard InChI is InChI=1S/C17H24F3N3OS/c1-3-21-15(22-10-16(24)7-8-25-11-16)23-12(2)13-5-4-6-14(9-13)17(18,19)20/h4-6,9,12,24H,3,7-8,10-11H2,1-2H3,(H2,21,22,23). The van der Waals surface area contributed by atoms with E-state index in [2.05, 4.69) is 15.6 Å². The lowest BCUT2D eigenvalue weighted by Gasteiger charge is -2.22. The molecule has 1 aliphatic rings. The summed E-state index contributed by atoms with van der Waals surface area (Å²) in [6.07, 6.45) is -3.67. The van der Waals surface area contributed by atoms with Crippen molar-refractivity contribution < 1.29 is 18.3 Å². The molecule has 2 rings (SSSR count). The van der Waals surface area contributed by atoms with Gasteiger partial charge in [-0.3, -0.25) is 4.99 Å². The summed E-state index contributed by atoms with van der Waals surface area (Å²) in [5, 5.41) is 16.6. The summed E-state index contributed by atoms with van der Waals surface area (Å²) < 4.78 is 38.6. The number of nitrogens with zero attached hydrogens (tertiary/aromatic N) is 1. The first-order valence-corrected chi connectivity index (χ1v) is 9.41. The Hall–Kier alpha value is -1.41. The minimum absolute atomic E-state index is 0.268. The fourth-order valence-corrected chi connectivity index (χ4v) is 3.82. The van der Waals surface area contributed by atoms with E-state index >= 15 is 0 Å². The highest BCUT2D eigenvalue weighted by molar-refractivity contribution is 7.99. The molecule has 4 nitrogen and oxygen atoms in total. The second kappa shape index (κ2) is 8.31. The van der Waals surface area contributed by atoms with Crippen molar-refractivity contribution in [1.29, 1.82) is 0 Å². The van der Waals surface area contributed by atoms with Crippen LogP contribution in [0.5, 0.6) is 0 Å². The van der Waals surface area contributed by atoms with E-state index in [1.165, 1.54) is 6.07 Å². The first kappa shape index (κ1) is 19.9. The van der Waals surface area contributed by atoms with Crippen LogP contribution in [-0.2, 0) is 6.18 Å². The first-order valence-electron chi connectivity index (χ1n) is 8.26. The molecule has 0 saturated carbocycles. The van der Waals surface area contributed by atoms with Gasteiger partial charge in [0.25, 0.3) is 0 Å². The van der Waals surface area contributed by atoms with E-state index in [1.54, 1.807) is 24.8 Å². The molecule has 25 heavy (non-hydrogen) atoms. The molecule has 3 N–H and O–H groups in total. The SMILES string of the molecule is CCNC(=NCC1(O)CCSC1)NC(C)c1cccc(C(F)(F)F)c1. The topological polar surface area (TPSA) is 56.7 Å². The van der Waals surface area contributed by atoms with Gasteiger partial charge in [-0.25, -0.2) is 0 Å². The highest BCUT2D eigenvalue weighted by Crippen LogP contribution is 2.31. The Balaban J connectivity index is 2.08. The number of hydrogen-bond donors (Lipinski definition) is 3. The fourth-order valence-electron chi connectivity index (χ4n) is 2.54. The molecule has 0 radical (unpaired) electrons. The summed E-state index contributed by atoms with van der Waals surface area (Å²) in [6.45, 7) is 4.58. The fraction of sp³-hybridized carbons (Fsp3) is 0.588. The Morgan fingerprint density at radius 3 is 2.80 bits per heavy atom. The maximum absolute atomic E-state index is 12.9. The van der Waals surface area contributed by atoms with Gasteiger partial charge in [0.15, 0.2) is 5.96 Å². The van der Waals surface area contributed by atoms with Crippen LogP contribution in [0.25, 0.3) is 0 Å². The molecular formula is C17H24F3N3OS. The van der Waals surface area contributed by atoms with Crippen LogP contribution in [0.2, 0.25) is 0 Å². The highest BCUT2D eigenvalue weighted by Gasteiger charge is 2.32. The third kappa shape index (κ3) is 5.81. The third-order valence-electron chi connectivity index (χ3n) is 4.03. The molecule has 0 amide bonds. The lowest BCUT2D eigenvalue weighted by atomic mass is 10.0. The van der Waals surface area contributed by atoms with Gasteiger partial charge in [0.2, 0.25) is 0 Å². The molecular weight excluding hydrogens is 351 g/mol. The molecule has 2 atom stereocenters. The van der Waals surface area contributed by atoms with E-state index in [0.29, 0.717) is 30.2 Å². The Bertz CT molecular complexity index is 601. The molecule has 1 heterocycles. The molecule has 1 saturated heterocycles. The molecule has 0 spiro atoms. The number of thioether (sulfide) groups is 1. The third-order valence-corrected chi connectivity index (χ3v) is 5.26. The molecule has 8 heteroatoms. The zero-order valence-electron chi connectivity index (χ0n) is 14.4. The zero-order valence-corrected chi connectivity index (χ0v) is 15.2. The molecule has 2 unspecified atom stereocenters. The van der Waals surface area contributed by atoms with Crippen LogP contribution in [0, 0.1) is 0 Å². The predicted octanol–water partition coefficient (Wildman–Crippen LogP) is 3.19. The van der Waals surface area contributed by atoms with Crippen molar-refractivity contribution in [3.63, 3.8) is 0 Å². The van der Waals surface area contributed by atoms with E-state index in [1.807, 2.05) is 6.92 Å². The van der Waals surface area contributed by atoms with Gasteiger partial charge in [0.05, 0.1) is 23.8 Å². The maximum atomic E-state index is 12.9. The van der Waals surface area contributed by atoms with E-state index in [9.17, 15) is 18.3 Å². The molecule has 140 valence electrons. The van der Waals surface area contributed by atoms with Crippen LogP contribution >= 0.6 is 11.8 Å². The second-order valence-electron chi connectivity index (χ2n) is 6.21. The van der Waals surface area contributed by atoms with Crippen molar-refractivity contribution in [2.45, 2.75) is 38.1 Å². The monoisotopic (exact) mass is 375 g/mol. The molecule has 1 aliphatic heterocycles. The van der Waals surface area contributed by atoms with Crippen molar-refractivity contribution in [2.75, 3.05) is 24.6 Å². The van der Waals surface area contributed by atoms with Gasteiger partial charge in [-0.15, -0.1) is 0 Å². The number of aliphatic imine (C=N–C) groups is 1. The summed E-state index contributed by atoms with van der Waals surface area (Å²) >= 11 is 1.69. The molecule has 1 aromatic carbocycles.